The molecule has 0 saturated heterocycles. The Morgan fingerprint density at radius 2 is 2.41 bits per heavy atom. The fourth-order valence-corrected chi connectivity index (χ4v) is 3.58. The van der Waals surface area contributed by atoms with Crippen molar-refractivity contribution in [3.63, 3.8) is 0 Å². The number of thioether (sulfide) groups is 1. The molecule has 1 heterocycles. The zero-order valence-corrected chi connectivity index (χ0v) is 12.2. The van der Waals surface area contributed by atoms with E-state index in [-0.39, 0.29) is 0 Å². The summed E-state index contributed by atoms with van der Waals surface area (Å²) in [6.45, 7) is 2.22. The molecule has 0 amide bonds. The Morgan fingerprint density at radius 1 is 1.59 bits per heavy atom. The smallest absolute Gasteiger partial charge is 0.221 e. The van der Waals surface area contributed by atoms with Crippen molar-refractivity contribution in [1.82, 2.24) is 9.97 Å². The van der Waals surface area contributed by atoms with E-state index in [2.05, 4.69) is 49.9 Å². The predicted molar refractivity (Wildman–Crippen MR) is 77.3 cm³/mol. The van der Waals surface area contributed by atoms with Gasteiger partial charge in [-0.25, -0.2) is 4.98 Å². The Hall–Kier alpha value is -0.490. The highest BCUT2D eigenvalue weighted by molar-refractivity contribution is 9.10. The van der Waals surface area contributed by atoms with Gasteiger partial charge in [0.1, 0.15) is 5.82 Å². The van der Waals surface area contributed by atoms with Crippen molar-refractivity contribution >= 4 is 39.5 Å². The maximum atomic E-state index is 5.59. The predicted octanol–water partition coefficient (Wildman–Crippen LogP) is 2.91. The third-order valence-corrected chi connectivity index (χ3v) is 4.70. The molecule has 0 spiro atoms. The fourth-order valence-electron chi connectivity index (χ4n) is 2.13. The molecule has 1 aromatic rings. The van der Waals surface area contributed by atoms with Crippen LogP contribution < -0.4 is 11.1 Å². The summed E-state index contributed by atoms with van der Waals surface area (Å²) in [5.74, 6) is 2.32. The van der Waals surface area contributed by atoms with Crippen LogP contribution in [0.1, 0.15) is 26.2 Å². The van der Waals surface area contributed by atoms with Gasteiger partial charge in [-0.1, -0.05) is 6.92 Å². The molecule has 0 aromatic carbocycles. The van der Waals surface area contributed by atoms with Gasteiger partial charge in [-0.15, -0.1) is 0 Å². The normalized spacial score (nSPS) is 23.9. The fraction of sp³-hybridized carbons (Fsp3) is 0.636. The van der Waals surface area contributed by atoms with Crippen LogP contribution in [0.5, 0.6) is 0 Å². The van der Waals surface area contributed by atoms with E-state index in [1.165, 1.54) is 25.0 Å². The zero-order valence-electron chi connectivity index (χ0n) is 9.82. The Balaban J connectivity index is 1.95. The first kappa shape index (κ1) is 13.0. The van der Waals surface area contributed by atoms with Gasteiger partial charge < -0.3 is 11.1 Å². The highest BCUT2D eigenvalue weighted by Crippen LogP contribution is 2.32. The summed E-state index contributed by atoms with van der Waals surface area (Å²) in [4.78, 5) is 8.14. The second-order valence-electron chi connectivity index (χ2n) is 4.16. The number of nitrogen functional groups attached to an aromatic ring is 1. The topological polar surface area (TPSA) is 63.8 Å². The molecule has 0 bridgehead atoms. The largest absolute Gasteiger partial charge is 0.368 e. The monoisotopic (exact) mass is 316 g/mol. The van der Waals surface area contributed by atoms with E-state index in [4.69, 9.17) is 5.73 Å². The Kier molecular flexibility index (Phi) is 4.50. The molecule has 94 valence electrons. The van der Waals surface area contributed by atoms with Crippen molar-refractivity contribution in [3.05, 3.63) is 10.7 Å². The van der Waals surface area contributed by atoms with Gasteiger partial charge in [-0.2, -0.15) is 16.7 Å². The van der Waals surface area contributed by atoms with Crippen LogP contribution in [-0.2, 0) is 0 Å². The summed E-state index contributed by atoms with van der Waals surface area (Å²) in [5.41, 5.74) is 5.59. The van der Waals surface area contributed by atoms with Crippen molar-refractivity contribution in [2.45, 2.75) is 37.5 Å². The van der Waals surface area contributed by atoms with Crippen LogP contribution in [0.25, 0.3) is 0 Å². The molecule has 1 fully saturated rings. The quantitative estimate of drug-likeness (QED) is 0.894. The summed E-state index contributed by atoms with van der Waals surface area (Å²) < 4.78 is 0.873. The maximum Gasteiger partial charge on any atom is 0.221 e. The molecule has 3 N–H and O–H groups in total. The average Bonchev–Trinajstić information content (AvgIpc) is 2.72. The first-order chi connectivity index (χ1) is 8.19. The van der Waals surface area contributed by atoms with Crippen molar-refractivity contribution in [3.8, 4) is 0 Å². The molecular weight excluding hydrogens is 300 g/mol. The highest BCUT2D eigenvalue weighted by atomic mass is 79.9. The molecule has 1 aromatic heterocycles. The molecule has 1 aliphatic rings. The number of hydrogen-bond donors (Lipinski definition) is 2. The lowest BCUT2D eigenvalue weighted by Crippen LogP contribution is -2.18. The van der Waals surface area contributed by atoms with Gasteiger partial charge in [0.2, 0.25) is 5.95 Å². The molecule has 6 heteroatoms. The molecule has 2 atom stereocenters. The van der Waals surface area contributed by atoms with E-state index in [0.717, 1.165) is 15.5 Å². The van der Waals surface area contributed by atoms with Crippen LogP contribution in [0, 0.1) is 0 Å². The third-order valence-electron chi connectivity index (χ3n) is 2.89. The Bertz CT molecular complexity index is 388. The summed E-state index contributed by atoms with van der Waals surface area (Å²) in [5, 5.41) is 4.23. The average molecular weight is 317 g/mol. The van der Waals surface area contributed by atoms with Gasteiger partial charge in [0.15, 0.2) is 0 Å². The van der Waals surface area contributed by atoms with Crippen molar-refractivity contribution in [2.24, 2.45) is 0 Å². The van der Waals surface area contributed by atoms with Crippen molar-refractivity contribution < 1.29 is 0 Å². The van der Waals surface area contributed by atoms with Crippen molar-refractivity contribution in [1.29, 1.82) is 0 Å². The lowest BCUT2D eigenvalue weighted by Gasteiger charge is -2.14. The van der Waals surface area contributed by atoms with Gasteiger partial charge in [0.05, 0.1) is 4.47 Å². The van der Waals surface area contributed by atoms with Crippen LogP contribution in [0.3, 0.4) is 0 Å². The van der Waals surface area contributed by atoms with Crippen molar-refractivity contribution in [2.75, 3.05) is 16.8 Å². The van der Waals surface area contributed by atoms with E-state index in [0.29, 0.717) is 12.0 Å². The molecule has 2 rings (SSSR count). The second kappa shape index (κ2) is 5.91. The number of aromatic nitrogens is 2. The minimum absolute atomic E-state index is 0.313. The van der Waals surface area contributed by atoms with Gasteiger partial charge in [0, 0.05) is 17.5 Å². The van der Waals surface area contributed by atoms with Gasteiger partial charge in [0.25, 0.3) is 0 Å². The van der Waals surface area contributed by atoms with Crippen LogP contribution in [-0.4, -0.2) is 27.0 Å². The van der Waals surface area contributed by atoms with Crippen LogP contribution in [0.2, 0.25) is 0 Å². The SMILES string of the molecule is CCSC1CCC(Nc2nc(N)ncc2Br)C1. The van der Waals surface area contributed by atoms with E-state index < -0.39 is 0 Å². The summed E-state index contributed by atoms with van der Waals surface area (Å²) >= 11 is 5.49. The molecule has 1 saturated carbocycles. The van der Waals surface area contributed by atoms with E-state index in [1.807, 2.05) is 0 Å². The Labute approximate surface area is 114 Å². The number of nitrogens with zero attached hydrogens (tertiary/aromatic N) is 2. The van der Waals surface area contributed by atoms with Gasteiger partial charge in [-0.3, -0.25) is 0 Å². The molecule has 1 aliphatic carbocycles. The van der Waals surface area contributed by atoms with Gasteiger partial charge in [-0.05, 0) is 40.9 Å². The first-order valence-corrected chi connectivity index (χ1v) is 7.69. The Morgan fingerprint density at radius 3 is 3.18 bits per heavy atom. The number of nitrogens with two attached hydrogens (primary N) is 1. The minimum atomic E-state index is 0.313. The summed E-state index contributed by atoms with van der Waals surface area (Å²) in [6.07, 6.45) is 5.38. The van der Waals surface area contributed by atoms with Crippen LogP contribution in [0.15, 0.2) is 10.7 Å². The highest BCUT2D eigenvalue weighted by Gasteiger charge is 2.25. The summed E-state index contributed by atoms with van der Waals surface area (Å²) in [6, 6.07) is 0.504. The minimum Gasteiger partial charge on any atom is -0.368 e. The van der Waals surface area contributed by atoms with E-state index >= 15 is 0 Å². The number of halogens is 1. The van der Waals surface area contributed by atoms with Crippen LogP contribution >= 0.6 is 27.7 Å². The molecule has 17 heavy (non-hydrogen) atoms. The second-order valence-corrected chi connectivity index (χ2v) is 6.59. The number of rotatable bonds is 4. The zero-order chi connectivity index (χ0) is 12.3. The van der Waals surface area contributed by atoms with E-state index in [9.17, 15) is 0 Å². The standard InChI is InChI=1S/C11H17BrN4S/c1-2-17-8-4-3-7(5-8)15-10-9(12)6-14-11(13)16-10/h6-8H,2-5H2,1H3,(H3,13,14,15,16). The lowest BCUT2D eigenvalue weighted by atomic mass is 10.2. The molecule has 0 radical (unpaired) electrons. The molecular formula is C11H17BrN4S. The molecule has 0 aliphatic heterocycles. The molecule has 4 nitrogen and oxygen atoms in total. The first-order valence-electron chi connectivity index (χ1n) is 5.85. The number of hydrogen-bond acceptors (Lipinski definition) is 5. The maximum absolute atomic E-state index is 5.59. The number of anilines is 2. The van der Waals surface area contributed by atoms with E-state index in [1.54, 1.807) is 6.20 Å². The number of nitrogens with one attached hydrogen (secondary N) is 1. The lowest BCUT2D eigenvalue weighted by molar-refractivity contribution is 0.750. The van der Waals surface area contributed by atoms with Gasteiger partial charge >= 0.3 is 0 Å². The van der Waals surface area contributed by atoms with Crippen LogP contribution in [0.4, 0.5) is 11.8 Å². The molecule has 2 unspecified atom stereocenters. The summed E-state index contributed by atoms with van der Waals surface area (Å²) in [7, 11) is 0. The third kappa shape index (κ3) is 3.48.